The molecule has 1 atom stereocenters. The number of nitrogens with one attached hydrogen (secondary N) is 3. The predicted molar refractivity (Wildman–Crippen MR) is 124 cm³/mol. The number of anilines is 1. The number of guanidine groups is 1. The Morgan fingerprint density at radius 3 is 2.69 bits per heavy atom. The molecule has 2 aromatic rings. The van der Waals surface area contributed by atoms with Gasteiger partial charge in [0, 0.05) is 38.2 Å². The van der Waals surface area contributed by atoms with Gasteiger partial charge in [0.1, 0.15) is 0 Å². The van der Waals surface area contributed by atoms with Crippen LogP contribution in [-0.4, -0.2) is 33.9 Å². The Morgan fingerprint density at radius 1 is 1.21 bits per heavy atom. The number of hydrogen-bond acceptors (Lipinski definition) is 4. The van der Waals surface area contributed by atoms with E-state index in [9.17, 15) is 13.2 Å². The lowest BCUT2D eigenvalue weighted by Gasteiger charge is -2.26. The molecule has 0 saturated heterocycles. The van der Waals surface area contributed by atoms with Crippen molar-refractivity contribution in [3.05, 3.63) is 59.7 Å². The monoisotopic (exact) mass is 529 g/mol. The Labute approximate surface area is 187 Å². The smallest absolute Gasteiger partial charge is 0.238 e. The summed E-state index contributed by atoms with van der Waals surface area (Å²) in [5.74, 6) is 0.590. The molecule has 2 aromatic carbocycles. The Hall–Kier alpha value is -2.18. The zero-order chi connectivity index (χ0) is 20.1. The highest BCUT2D eigenvalue weighted by atomic mass is 127. The minimum Gasteiger partial charge on any atom is -0.356 e. The van der Waals surface area contributed by atoms with Crippen LogP contribution in [0.4, 0.5) is 5.69 Å². The van der Waals surface area contributed by atoms with E-state index in [4.69, 9.17) is 5.14 Å². The molecule has 29 heavy (non-hydrogen) atoms. The number of halogens is 1. The Balaban J connectivity index is 0.00000300. The highest BCUT2D eigenvalue weighted by molar-refractivity contribution is 14.0. The van der Waals surface area contributed by atoms with Crippen LogP contribution in [0.1, 0.15) is 23.5 Å². The van der Waals surface area contributed by atoms with E-state index in [0.717, 1.165) is 16.8 Å². The van der Waals surface area contributed by atoms with Gasteiger partial charge >= 0.3 is 0 Å². The molecule has 1 heterocycles. The van der Waals surface area contributed by atoms with Crippen LogP contribution >= 0.6 is 24.0 Å². The number of primary sulfonamides is 1. The third-order valence-electron chi connectivity index (χ3n) is 4.53. The predicted octanol–water partition coefficient (Wildman–Crippen LogP) is 1.74. The van der Waals surface area contributed by atoms with E-state index in [-0.39, 0.29) is 40.7 Å². The van der Waals surface area contributed by atoms with Gasteiger partial charge in [0.25, 0.3) is 0 Å². The van der Waals surface area contributed by atoms with Crippen molar-refractivity contribution in [3.8, 4) is 0 Å². The van der Waals surface area contributed by atoms with Gasteiger partial charge in [-0.05, 0) is 29.3 Å². The molecular formula is C19H24IN5O3S. The van der Waals surface area contributed by atoms with Crippen molar-refractivity contribution in [2.75, 3.05) is 18.9 Å². The summed E-state index contributed by atoms with van der Waals surface area (Å²) in [6.45, 7) is 0.923. The minimum atomic E-state index is -3.74. The van der Waals surface area contributed by atoms with Crippen LogP contribution in [0.3, 0.4) is 0 Å². The number of amides is 1. The van der Waals surface area contributed by atoms with E-state index in [1.165, 1.54) is 12.1 Å². The number of aliphatic imine (C=N–C) groups is 1. The summed E-state index contributed by atoms with van der Waals surface area (Å²) in [6, 6.07) is 14.2. The number of nitrogens with zero attached hydrogens (tertiary/aromatic N) is 1. The van der Waals surface area contributed by atoms with Crippen LogP contribution in [0, 0.1) is 0 Å². The van der Waals surface area contributed by atoms with Gasteiger partial charge in [-0.1, -0.05) is 30.3 Å². The Morgan fingerprint density at radius 2 is 1.97 bits per heavy atom. The van der Waals surface area contributed by atoms with Gasteiger partial charge in [-0.3, -0.25) is 9.79 Å². The average Bonchev–Trinajstić information content (AvgIpc) is 2.67. The van der Waals surface area contributed by atoms with Gasteiger partial charge in [0.05, 0.1) is 4.90 Å². The van der Waals surface area contributed by atoms with Crippen molar-refractivity contribution in [2.45, 2.75) is 23.8 Å². The van der Waals surface area contributed by atoms with Gasteiger partial charge in [0.15, 0.2) is 5.96 Å². The number of fused-ring (bicyclic) bond motifs is 1. The third-order valence-corrected chi connectivity index (χ3v) is 5.44. The SMILES string of the molecule is CN=C(NCc1cccc(S(N)(=O)=O)c1)NCC1CC(=O)Nc2ccccc21.I. The van der Waals surface area contributed by atoms with Gasteiger partial charge in [0.2, 0.25) is 15.9 Å². The van der Waals surface area contributed by atoms with Gasteiger partial charge in [-0.2, -0.15) is 0 Å². The van der Waals surface area contributed by atoms with Gasteiger partial charge in [-0.25, -0.2) is 13.6 Å². The topological polar surface area (TPSA) is 126 Å². The molecule has 0 fully saturated rings. The van der Waals surface area contributed by atoms with Gasteiger partial charge in [-0.15, -0.1) is 24.0 Å². The number of hydrogen-bond donors (Lipinski definition) is 4. The number of sulfonamides is 1. The summed E-state index contributed by atoms with van der Waals surface area (Å²) in [6.07, 6.45) is 0.400. The zero-order valence-electron chi connectivity index (χ0n) is 15.9. The van der Waals surface area contributed by atoms with E-state index in [1.54, 1.807) is 19.2 Å². The first-order valence-corrected chi connectivity index (χ1v) is 10.4. The van der Waals surface area contributed by atoms with Crippen LogP contribution < -0.4 is 21.1 Å². The molecule has 10 heteroatoms. The molecule has 5 N–H and O–H groups in total. The Bertz CT molecular complexity index is 1010. The second kappa shape index (κ2) is 10.0. The molecule has 156 valence electrons. The summed E-state index contributed by atoms with van der Waals surface area (Å²) in [7, 11) is -2.09. The molecule has 1 aliphatic heterocycles. The number of carbonyl (C=O) groups excluding carboxylic acids is 1. The fourth-order valence-electron chi connectivity index (χ4n) is 3.14. The summed E-state index contributed by atoms with van der Waals surface area (Å²) in [4.78, 5) is 16.2. The van der Waals surface area contributed by atoms with E-state index < -0.39 is 10.0 Å². The zero-order valence-corrected chi connectivity index (χ0v) is 19.0. The van der Waals surface area contributed by atoms with Crippen LogP contribution in [0.15, 0.2) is 58.4 Å². The van der Waals surface area contributed by atoms with Crippen molar-refractivity contribution < 1.29 is 13.2 Å². The van der Waals surface area contributed by atoms with Crippen LogP contribution in [-0.2, 0) is 21.4 Å². The maximum atomic E-state index is 11.9. The number of carbonyl (C=O) groups is 1. The average molecular weight is 529 g/mol. The van der Waals surface area contributed by atoms with Gasteiger partial charge < -0.3 is 16.0 Å². The molecule has 0 radical (unpaired) electrons. The van der Waals surface area contributed by atoms with Crippen molar-refractivity contribution >= 4 is 51.6 Å². The first-order chi connectivity index (χ1) is 13.4. The normalized spacial score (nSPS) is 16.3. The fourth-order valence-corrected chi connectivity index (χ4v) is 3.73. The highest BCUT2D eigenvalue weighted by Crippen LogP contribution is 2.31. The second-order valence-corrected chi connectivity index (χ2v) is 8.10. The fraction of sp³-hybridized carbons (Fsp3) is 0.263. The quantitative estimate of drug-likeness (QED) is 0.267. The molecule has 1 unspecified atom stereocenters. The summed E-state index contributed by atoms with van der Waals surface area (Å²) >= 11 is 0. The maximum absolute atomic E-state index is 11.9. The molecule has 0 aromatic heterocycles. The van der Waals surface area contributed by atoms with E-state index >= 15 is 0 Å². The minimum absolute atomic E-state index is 0. The number of para-hydroxylation sites is 1. The molecule has 0 spiro atoms. The molecule has 1 amide bonds. The number of rotatable bonds is 5. The summed E-state index contributed by atoms with van der Waals surface area (Å²) in [5, 5.41) is 14.4. The van der Waals surface area contributed by atoms with Crippen molar-refractivity contribution in [1.82, 2.24) is 10.6 Å². The maximum Gasteiger partial charge on any atom is 0.238 e. The molecule has 3 rings (SSSR count). The molecular weight excluding hydrogens is 505 g/mol. The molecule has 0 aliphatic carbocycles. The second-order valence-electron chi connectivity index (χ2n) is 6.54. The molecule has 1 aliphatic rings. The largest absolute Gasteiger partial charge is 0.356 e. The first-order valence-electron chi connectivity index (χ1n) is 8.82. The standard InChI is InChI=1S/C19H23N5O3S.HI/c1-21-19(22-11-13-5-4-6-15(9-13)28(20,26)27)23-12-14-10-18(25)24-17-8-3-2-7-16(14)17;/h2-9,14H,10-12H2,1H3,(H,24,25)(H2,20,26,27)(H2,21,22,23);1H. The molecule has 0 bridgehead atoms. The van der Waals surface area contributed by atoms with Crippen LogP contribution in [0.2, 0.25) is 0 Å². The summed E-state index contributed by atoms with van der Waals surface area (Å²) < 4.78 is 22.9. The van der Waals surface area contributed by atoms with Crippen LogP contribution in [0.25, 0.3) is 0 Å². The molecule has 8 nitrogen and oxygen atoms in total. The van der Waals surface area contributed by atoms with E-state index in [0.29, 0.717) is 25.5 Å². The first kappa shape index (κ1) is 23.1. The third kappa shape index (κ3) is 6.15. The van der Waals surface area contributed by atoms with Crippen molar-refractivity contribution in [1.29, 1.82) is 0 Å². The highest BCUT2D eigenvalue weighted by Gasteiger charge is 2.24. The van der Waals surface area contributed by atoms with Crippen LogP contribution in [0.5, 0.6) is 0 Å². The Kier molecular flexibility index (Phi) is 7.99. The van der Waals surface area contributed by atoms with E-state index in [2.05, 4.69) is 20.9 Å². The lowest BCUT2D eigenvalue weighted by atomic mass is 9.90. The van der Waals surface area contributed by atoms with Crippen molar-refractivity contribution in [2.24, 2.45) is 10.1 Å². The lowest BCUT2D eigenvalue weighted by Crippen LogP contribution is -2.40. The number of benzene rings is 2. The number of nitrogens with two attached hydrogens (primary N) is 1. The summed E-state index contributed by atoms with van der Waals surface area (Å²) in [5.41, 5.74) is 2.69. The van der Waals surface area contributed by atoms with E-state index in [1.807, 2.05) is 24.3 Å². The molecule has 0 saturated carbocycles. The lowest BCUT2D eigenvalue weighted by molar-refractivity contribution is -0.116. The van der Waals surface area contributed by atoms with Crippen molar-refractivity contribution in [3.63, 3.8) is 0 Å².